The molecule has 1 fully saturated rings. The van der Waals surface area contributed by atoms with E-state index in [4.69, 9.17) is 0 Å². The van der Waals surface area contributed by atoms with Gasteiger partial charge in [0, 0.05) is 0 Å². The highest BCUT2D eigenvalue weighted by atomic mass is 127. The molecule has 1 N–H and O–H groups in total. The highest BCUT2D eigenvalue weighted by Crippen LogP contribution is 2.65. The Morgan fingerprint density at radius 3 is 2.06 bits per heavy atom. The summed E-state index contributed by atoms with van der Waals surface area (Å²) in [6.45, 7) is 6.77. The summed E-state index contributed by atoms with van der Waals surface area (Å²) in [6.07, 6.45) is 1.88. The summed E-state index contributed by atoms with van der Waals surface area (Å²) in [6, 6.07) is 9.21. The van der Waals surface area contributed by atoms with E-state index < -0.39 is 7.20 Å². The average Bonchev–Trinajstić information content (AvgIpc) is 2.32. The molecule has 0 saturated carbocycles. The number of aliphatic hydroxyl groups excluding tert-OH is 1. The number of rotatable bonds is 1. The molecule has 0 spiro atoms. The van der Waals surface area contributed by atoms with Gasteiger partial charge < -0.3 is 5.11 Å². The zero-order valence-electron chi connectivity index (χ0n) is 11.4. The zero-order chi connectivity index (χ0) is 13.4. The van der Waals surface area contributed by atoms with E-state index in [0.717, 1.165) is 12.8 Å². The van der Waals surface area contributed by atoms with Crippen LogP contribution in [0, 0.1) is 0 Å². The molecule has 0 amide bonds. The van der Waals surface area contributed by atoms with Gasteiger partial charge in [0.1, 0.15) is 0 Å². The lowest BCUT2D eigenvalue weighted by Crippen LogP contribution is -2.21. The third-order valence-electron chi connectivity index (χ3n) is 3.69. The van der Waals surface area contributed by atoms with Crippen molar-refractivity contribution >= 4 is 28.4 Å². The van der Waals surface area contributed by atoms with Gasteiger partial charge >= 0.3 is 0 Å². The maximum absolute atomic E-state index is 9.65. The van der Waals surface area contributed by atoms with Gasteiger partial charge in [0.25, 0.3) is 0 Å². The molecule has 0 aromatic heterocycles. The van der Waals surface area contributed by atoms with Crippen molar-refractivity contribution in [2.45, 2.75) is 50.0 Å². The molecular formula is C15H23IOS. The van der Waals surface area contributed by atoms with Crippen LogP contribution in [-0.2, 0) is 5.41 Å². The Labute approximate surface area is 124 Å². The monoisotopic (exact) mass is 378 g/mol. The normalized spacial score (nSPS) is 32.8. The summed E-state index contributed by atoms with van der Waals surface area (Å²) < 4.78 is 0. The van der Waals surface area contributed by atoms with Crippen molar-refractivity contribution in [2.24, 2.45) is 0 Å². The van der Waals surface area contributed by atoms with Crippen LogP contribution in [0.1, 0.15) is 39.2 Å². The smallest absolute Gasteiger partial charge is 0.0555 e. The van der Waals surface area contributed by atoms with Gasteiger partial charge in [-0.1, -0.05) is 32.9 Å². The molecule has 18 heavy (non-hydrogen) atoms. The van der Waals surface area contributed by atoms with E-state index in [9.17, 15) is 5.11 Å². The van der Waals surface area contributed by atoms with Crippen molar-refractivity contribution in [3.05, 3.63) is 29.8 Å². The Hall–Kier alpha value is 0.260. The van der Waals surface area contributed by atoms with E-state index in [1.54, 1.807) is 0 Å². The molecular weight excluding hydrogens is 355 g/mol. The quantitative estimate of drug-likeness (QED) is 0.706. The number of halogens is 1. The minimum absolute atomic E-state index is 0.0609. The van der Waals surface area contributed by atoms with Crippen LogP contribution in [0.5, 0.6) is 0 Å². The number of benzene rings is 1. The summed E-state index contributed by atoms with van der Waals surface area (Å²) in [5, 5.41) is 9.65. The summed E-state index contributed by atoms with van der Waals surface area (Å²) in [7, 11) is -0.704. The lowest BCUT2D eigenvalue weighted by Gasteiger charge is -2.39. The first-order valence-corrected chi connectivity index (χ1v) is 11.1. The standard InChI is InChI=1S/C15H23IOS/c1-15(2,3)12-4-6-14(7-5-12)18(16)10-8-13(17)9-11-18/h4-7,13,17H,8-11H2,1-3H3. The fourth-order valence-electron chi connectivity index (χ4n) is 2.33. The van der Waals surface area contributed by atoms with E-state index >= 15 is 0 Å². The maximum Gasteiger partial charge on any atom is 0.0555 e. The first-order chi connectivity index (χ1) is 8.31. The van der Waals surface area contributed by atoms with Crippen LogP contribution in [0.25, 0.3) is 0 Å². The summed E-state index contributed by atoms with van der Waals surface area (Å²) in [5.74, 6) is 2.34. The predicted octanol–water partition coefficient (Wildman–Crippen LogP) is 4.65. The van der Waals surface area contributed by atoms with Crippen molar-refractivity contribution < 1.29 is 5.11 Å². The molecule has 2 rings (SSSR count). The van der Waals surface area contributed by atoms with Crippen LogP contribution in [0.15, 0.2) is 29.2 Å². The number of aliphatic hydroxyl groups is 1. The highest BCUT2D eigenvalue weighted by Gasteiger charge is 2.29. The molecule has 1 heterocycles. The Bertz CT molecular complexity index is 399. The Balaban J connectivity index is 2.19. The topological polar surface area (TPSA) is 20.2 Å². The molecule has 1 aliphatic rings. The van der Waals surface area contributed by atoms with Gasteiger partial charge in [0.2, 0.25) is 0 Å². The van der Waals surface area contributed by atoms with Crippen molar-refractivity contribution in [3.8, 4) is 0 Å². The van der Waals surface area contributed by atoms with Crippen LogP contribution < -0.4 is 0 Å². The molecule has 1 saturated heterocycles. The fraction of sp³-hybridized carbons (Fsp3) is 0.600. The van der Waals surface area contributed by atoms with E-state index in [-0.39, 0.29) is 11.5 Å². The first kappa shape index (κ1) is 14.7. The van der Waals surface area contributed by atoms with Crippen LogP contribution in [-0.4, -0.2) is 22.7 Å². The zero-order valence-corrected chi connectivity index (χ0v) is 14.4. The van der Waals surface area contributed by atoms with E-state index in [0.29, 0.717) is 0 Å². The van der Waals surface area contributed by atoms with Gasteiger partial charge in [-0.3, -0.25) is 0 Å². The lowest BCUT2D eigenvalue weighted by molar-refractivity contribution is 0.165. The van der Waals surface area contributed by atoms with E-state index in [1.165, 1.54) is 22.0 Å². The highest BCUT2D eigenvalue weighted by molar-refractivity contribution is 14.2. The minimum atomic E-state index is -0.704. The molecule has 3 heteroatoms. The first-order valence-electron chi connectivity index (χ1n) is 6.58. The van der Waals surface area contributed by atoms with E-state index in [1.807, 2.05) is 0 Å². The second-order valence-corrected chi connectivity index (χ2v) is 14.1. The molecule has 0 aliphatic carbocycles. The fourth-order valence-corrected chi connectivity index (χ4v) is 7.32. The molecule has 1 aliphatic heterocycles. The van der Waals surface area contributed by atoms with Crippen molar-refractivity contribution in [1.29, 1.82) is 0 Å². The molecule has 0 unspecified atom stereocenters. The van der Waals surface area contributed by atoms with Gasteiger partial charge in [-0.2, -0.15) is 7.20 Å². The van der Waals surface area contributed by atoms with Crippen LogP contribution in [0.3, 0.4) is 0 Å². The van der Waals surface area contributed by atoms with E-state index in [2.05, 4.69) is 66.2 Å². The summed E-state index contributed by atoms with van der Waals surface area (Å²) in [5.41, 5.74) is 1.64. The largest absolute Gasteiger partial charge is 0.393 e. The van der Waals surface area contributed by atoms with Crippen molar-refractivity contribution in [2.75, 3.05) is 11.5 Å². The predicted molar refractivity (Wildman–Crippen MR) is 90.0 cm³/mol. The second kappa shape index (κ2) is 5.33. The second-order valence-electron chi connectivity index (χ2n) is 6.20. The SMILES string of the molecule is CC(C)(C)c1ccc(S2(I)CCC(O)CC2)cc1. The lowest BCUT2D eigenvalue weighted by atomic mass is 9.87. The summed E-state index contributed by atoms with van der Waals surface area (Å²) in [4.78, 5) is 1.50. The minimum Gasteiger partial charge on any atom is -0.393 e. The Morgan fingerprint density at radius 1 is 1.11 bits per heavy atom. The molecule has 0 radical (unpaired) electrons. The third-order valence-corrected chi connectivity index (χ3v) is 10.7. The molecule has 1 nitrogen and oxygen atoms in total. The van der Waals surface area contributed by atoms with Crippen molar-refractivity contribution in [3.63, 3.8) is 0 Å². The van der Waals surface area contributed by atoms with Crippen molar-refractivity contribution in [1.82, 2.24) is 0 Å². The molecule has 1 aromatic rings. The van der Waals surface area contributed by atoms with Gasteiger partial charge in [-0.25, -0.2) is 0 Å². The van der Waals surface area contributed by atoms with Gasteiger partial charge in [0.15, 0.2) is 0 Å². The molecule has 1 aromatic carbocycles. The van der Waals surface area contributed by atoms with Crippen LogP contribution in [0.2, 0.25) is 0 Å². The Morgan fingerprint density at radius 2 is 1.61 bits per heavy atom. The molecule has 0 bridgehead atoms. The maximum atomic E-state index is 9.65. The van der Waals surface area contributed by atoms with Crippen LogP contribution >= 0.6 is 28.4 Å². The molecule has 0 atom stereocenters. The van der Waals surface area contributed by atoms with Gasteiger partial charge in [-0.15, -0.1) is 0 Å². The molecule has 102 valence electrons. The number of hydrogen-bond donors (Lipinski definition) is 1. The van der Waals surface area contributed by atoms with Gasteiger partial charge in [0.05, 0.1) is 6.10 Å². The average molecular weight is 378 g/mol. The summed E-state index contributed by atoms with van der Waals surface area (Å²) >= 11 is 2.67. The van der Waals surface area contributed by atoms with Gasteiger partial charge in [-0.05, 0) is 73.6 Å². The number of hydrogen-bond acceptors (Lipinski definition) is 1. The Kier molecular flexibility index (Phi) is 4.34. The third kappa shape index (κ3) is 3.23. The van der Waals surface area contributed by atoms with Crippen LogP contribution in [0.4, 0.5) is 0 Å².